The number of carbonyl (C=O) groups excluding carboxylic acids is 1. The molecule has 0 aromatic carbocycles. The van der Waals surface area contributed by atoms with E-state index in [2.05, 4.69) is 13.8 Å². The second-order valence-electron chi connectivity index (χ2n) is 9.69. The van der Waals surface area contributed by atoms with Crippen LogP contribution in [-0.2, 0) is 9.53 Å². The molecule has 0 amide bonds. The normalized spacial score (nSPS) is 52.3. The van der Waals surface area contributed by atoms with Crippen molar-refractivity contribution in [2.24, 2.45) is 34.0 Å². The van der Waals surface area contributed by atoms with E-state index in [0.29, 0.717) is 18.8 Å². The average molecular weight is 340 g/mol. The van der Waals surface area contributed by atoms with E-state index in [4.69, 9.17) is 4.74 Å². The van der Waals surface area contributed by atoms with Crippen molar-refractivity contribution >= 4 is 5.97 Å². The number of hydrogen-bond donors (Lipinski definition) is 0. The Morgan fingerprint density at radius 1 is 1.04 bits per heavy atom. The van der Waals surface area contributed by atoms with Gasteiger partial charge in [0.25, 0.3) is 5.92 Å². The van der Waals surface area contributed by atoms with Crippen LogP contribution in [-0.4, -0.2) is 19.0 Å². The van der Waals surface area contributed by atoms with Crippen LogP contribution in [0.1, 0.15) is 71.6 Å². The number of hydrogen-bond acceptors (Lipinski definition) is 2. The summed E-state index contributed by atoms with van der Waals surface area (Å²) in [4.78, 5) is 12.6. The fourth-order valence-electron chi connectivity index (χ4n) is 7.86. The maximum absolute atomic E-state index is 14.5. The number of methoxy groups -OCH3 is 1. The molecule has 0 radical (unpaired) electrons. The number of esters is 1. The van der Waals surface area contributed by atoms with Crippen molar-refractivity contribution < 1.29 is 18.3 Å². The minimum Gasteiger partial charge on any atom is -0.469 e. The molecule has 6 atom stereocenters. The first kappa shape index (κ1) is 16.8. The molecule has 0 saturated heterocycles. The largest absolute Gasteiger partial charge is 0.469 e. The maximum atomic E-state index is 14.5. The lowest BCUT2D eigenvalue weighted by Gasteiger charge is -2.63. The highest BCUT2D eigenvalue weighted by Gasteiger charge is 2.69. The van der Waals surface area contributed by atoms with E-state index in [1.807, 2.05) is 0 Å². The lowest BCUT2D eigenvalue weighted by molar-refractivity contribution is -0.184. The third kappa shape index (κ3) is 1.94. The third-order valence-corrected chi connectivity index (χ3v) is 8.74. The van der Waals surface area contributed by atoms with Gasteiger partial charge in [0.1, 0.15) is 0 Å². The highest BCUT2D eigenvalue weighted by atomic mass is 19.3. The van der Waals surface area contributed by atoms with E-state index in [-0.39, 0.29) is 29.1 Å². The van der Waals surface area contributed by atoms with E-state index in [1.165, 1.54) is 7.11 Å². The zero-order valence-electron chi connectivity index (χ0n) is 15.2. The molecule has 4 aliphatic rings. The summed E-state index contributed by atoms with van der Waals surface area (Å²) in [6, 6.07) is 0. The molecule has 2 nitrogen and oxygen atoms in total. The average Bonchev–Trinajstić information content (AvgIpc) is 2.70. The SMILES string of the molecule is COC(=O)[C@]1(C)CCC[C@@]2(C)C3CC[C@H]4C[C@@]3(CCC21)CC4(F)F. The molecular formula is C20H30F2O2. The molecule has 0 heterocycles. The summed E-state index contributed by atoms with van der Waals surface area (Å²) in [5.74, 6) is -2.35. The summed E-state index contributed by atoms with van der Waals surface area (Å²) in [6.07, 6.45) is 7.12. The minimum absolute atomic E-state index is 0.00479. The molecule has 4 rings (SSSR count). The Labute approximate surface area is 143 Å². The van der Waals surface area contributed by atoms with Gasteiger partial charge in [0, 0.05) is 12.3 Å². The van der Waals surface area contributed by atoms with Crippen molar-refractivity contribution in [2.45, 2.75) is 77.6 Å². The molecule has 0 aliphatic heterocycles. The van der Waals surface area contributed by atoms with E-state index in [1.54, 1.807) is 0 Å². The quantitative estimate of drug-likeness (QED) is 0.613. The summed E-state index contributed by atoms with van der Waals surface area (Å²) in [6.45, 7) is 4.37. The summed E-state index contributed by atoms with van der Waals surface area (Å²) in [5, 5.41) is 0. The van der Waals surface area contributed by atoms with Crippen LogP contribution in [0.25, 0.3) is 0 Å². The molecule has 4 fully saturated rings. The smallest absolute Gasteiger partial charge is 0.311 e. The third-order valence-electron chi connectivity index (χ3n) is 8.74. The number of ether oxygens (including phenoxy) is 1. The van der Waals surface area contributed by atoms with Crippen LogP contribution in [0.4, 0.5) is 8.78 Å². The topological polar surface area (TPSA) is 26.3 Å². The van der Waals surface area contributed by atoms with Crippen LogP contribution in [0, 0.1) is 34.0 Å². The number of carbonyl (C=O) groups is 1. The van der Waals surface area contributed by atoms with Crippen molar-refractivity contribution in [1.82, 2.24) is 0 Å². The summed E-state index contributed by atoms with van der Waals surface area (Å²) < 4.78 is 34.1. The lowest BCUT2D eigenvalue weighted by Crippen LogP contribution is -2.58. The van der Waals surface area contributed by atoms with Gasteiger partial charge in [0.2, 0.25) is 0 Å². The fourth-order valence-corrected chi connectivity index (χ4v) is 7.86. The maximum Gasteiger partial charge on any atom is 0.311 e. The number of rotatable bonds is 1. The highest BCUT2D eigenvalue weighted by Crippen LogP contribution is 2.73. The van der Waals surface area contributed by atoms with E-state index in [0.717, 1.165) is 38.5 Å². The first-order valence-electron chi connectivity index (χ1n) is 9.64. The zero-order chi connectivity index (χ0) is 17.4. The van der Waals surface area contributed by atoms with Crippen molar-refractivity contribution in [1.29, 1.82) is 0 Å². The van der Waals surface area contributed by atoms with Crippen molar-refractivity contribution in [3.05, 3.63) is 0 Å². The number of alkyl halides is 2. The van der Waals surface area contributed by atoms with E-state index >= 15 is 0 Å². The number of halogens is 2. The molecule has 136 valence electrons. The van der Waals surface area contributed by atoms with Gasteiger partial charge in [-0.15, -0.1) is 0 Å². The predicted octanol–water partition coefficient (Wildman–Crippen LogP) is 5.21. The Morgan fingerprint density at radius 2 is 1.79 bits per heavy atom. The monoisotopic (exact) mass is 340 g/mol. The standard InChI is InChI=1S/C20H30F2O2/c1-17-8-4-9-18(2,16(23)24-3)14(17)7-10-19-11-13(5-6-15(17)19)20(21,22)12-19/h13-15H,4-12H2,1-3H3/t13-,14?,15?,17+,18+,19-/m0/s1. The first-order valence-corrected chi connectivity index (χ1v) is 9.64. The van der Waals surface area contributed by atoms with Gasteiger partial charge in [-0.25, -0.2) is 8.78 Å². The van der Waals surface area contributed by atoms with Crippen molar-refractivity contribution in [3.8, 4) is 0 Å². The summed E-state index contributed by atoms with van der Waals surface area (Å²) in [5.41, 5.74) is -0.613. The van der Waals surface area contributed by atoms with Gasteiger partial charge >= 0.3 is 5.97 Å². The molecule has 4 heteroatoms. The van der Waals surface area contributed by atoms with Gasteiger partial charge in [0.05, 0.1) is 12.5 Å². The number of fused-ring (bicyclic) bond motifs is 3. The predicted molar refractivity (Wildman–Crippen MR) is 87.6 cm³/mol. The van der Waals surface area contributed by atoms with E-state index in [9.17, 15) is 13.6 Å². The van der Waals surface area contributed by atoms with Gasteiger partial charge in [-0.2, -0.15) is 0 Å². The minimum atomic E-state index is -2.47. The van der Waals surface area contributed by atoms with Crippen LogP contribution in [0.2, 0.25) is 0 Å². The van der Waals surface area contributed by atoms with Crippen molar-refractivity contribution in [2.75, 3.05) is 7.11 Å². The molecule has 0 N–H and O–H groups in total. The second-order valence-corrected chi connectivity index (χ2v) is 9.69. The fraction of sp³-hybridized carbons (Fsp3) is 0.950. The lowest BCUT2D eigenvalue weighted by atomic mass is 9.41. The molecule has 1 spiro atoms. The summed E-state index contributed by atoms with van der Waals surface area (Å²) in [7, 11) is 1.48. The Kier molecular flexibility index (Phi) is 3.46. The molecule has 2 bridgehead atoms. The zero-order valence-corrected chi connectivity index (χ0v) is 15.2. The molecule has 4 aliphatic carbocycles. The van der Waals surface area contributed by atoms with Gasteiger partial charge in [-0.3, -0.25) is 4.79 Å². The van der Waals surface area contributed by atoms with Crippen LogP contribution in [0.15, 0.2) is 0 Å². The Morgan fingerprint density at radius 3 is 2.50 bits per heavy atom. The Hall–Kier alpha value is -0.670. The Bertz CT molecular complexity index is 562. The van der Waals surface area contributed by atoms with Crippen LogP contribution in [0.5, 0.6) is 0 Å². The van der Waals surface area contributed by atoms with Gasteiger partial charge in [0.15, 0.2) is 0 Å². The van der Waals surface area contributed by atoms with E-state index < -0.39 is 17.3 Å². The van der Waals surface area contributed by atoms with Gasteiger partial charge < -0.3 is 4.74 Å². The molecule has 0 aromatic rings. The Balaban J connectivity index is 1.72. The summed E-state index contributed by atoms with van der Waals surface area (Å²) >= 11 is 0. The van der Waals surface area contributed by atoms with Crippen molar-refractivity contribution in [3.63, 3.8) is 0 Å². The van der Waals surface area contributed by atoms with Gasteiger partial charge in [-0.1, -0.05) is 13.3 Å². The van der Waals surface area contributed by atoms with Crippen LogP contribution in [0.3, 0.4) is 0 Å². The molecule has 4 saturated carbocycles. The molecule has 24 heavy (non-hydrogen) atoms. The molecule has 0 aromatic heterocycles. The van der Waals surface area contributed by atoms with Gasteiger partial charge in [-0.05, 0) is 74.5 Å². The molecular weight excluding hydrogens is 310 g/mol. The molecule has 2 unspecified atom stereocenters. The van der Waals surface area contributed by atoms with Crippen LogP contribution < -0.4 is 0 Å². The first-order chi connectivity index (χ1) is 11.2. The highest BCUT2D eigenvalue weighted by molar-refractivity contribution is 5.77. The second kappa shape index (κ2) is 4.94. The van der Waals surface area contributed by atoms with Crippen LogP contribution >= 0.6 is 0 Å².